The van der Waals surface area contributed by atoms with Crippen molar-refractivity contribution < 1.29 is 13.2 Å². The first-order valence-electron chi connectivity index (χ1n) is 8.52. The highest BCUT2D eigenvalue weighted by atomic mass is 32.2. The van der Waals surface area contributed by atoms with Crippen molar-refractivity contribution in [2.24, 2.45) is 7.05 Å². The molecule has 1 aliphatic rings. The molecule has 0 aromatic carbocycles. The van der Waals surface area contributed by atoms with Crippen molar-refractivity contribution in [3.63, 3.8) is 0 Å². The maximum absolute atomic E-state index is 12.7. The Morgan fingerprint density at radius 2 is 1.85 bits per heavy atom. The molecule has 0 aliphatic carbocycles. The molecule has 0 unspecified atom stereocenters. The van der Waals surface area contributed by atoms with Crippen LogP contribution >= 0.6 is 0 Å². The Morgan fingerprint density at radius 3 is 2.42 bits per heavy atom. The number of sulfonamides is 1. The highest BCUT2D eigenvalue weighted by Gasteiger charge is 2.30. The summed E-state index contributed by atoms with van der Waals surface area (Å²) in [5, 5.41) is 8.03. The third-order valence-electron chi connectivity index (χ3n) is 4.45. The van der Waals surface area contributed by atoms with Gasteiger partial charge in [0.1, 0.15) is 12.4 Å². The quantitative estimate of drug-likeness (QED) is 0.707. The first-order chi connectivity index (χ1) is 12.4. The van der Waals surface area contributed by atoms with Crippen LogP contribution in [0.1, 0.15) is 11.5 Å². The fraction of sp³-hybridized carbons (Fsp3) is 0.562. The summed E-state index contributed by atoms with van der Waals surface area (Å²) in [7, 11) is -1.74. The van der Waals surface area contributed by atoms with E-state index >= 15 is 0 Å². The Balaban J connectivity index is 1.48. The summed E-state index contributed by atoms with van der Waals surface area (Å²) in [6, 6.07) is 3.65. The summed E-state index contributed by atoms with van der Waals surface area (Å²) in [4.78, 5) is 6.33. The third kappa shape index (κ3) is 4.19. The number of piperazine rings is 1. The van der Waals surface area contributed by atoms with E-state index in [1.54, 1.807) is 30.8 Å². The highest BCUT2D eigenvalue weighted by Crippen LogP contribution is 2.16. The van der Waals surface area contributed by atoms with E-state index in [0.29, 0.717) is 51.0 Å². The van der Waals surface area contributed by atoms with Crippen molar-refractivity contribution in [3.8, 4) is 5.88 Å². The lowest BCUT2D eigenvalue weighted by Crippen LogP contribution is -2.49. The molecule has 3 rings (SSSR count). The van der Waals surface area contributed by atoms with E-state index in [9.17, 15) is 8.42 Å². The van der Waals surface area contributed by atoms with E-state index in [4.69, 9.17) is 4.74 Å². The molecule has 2 aromatic heterocycles. The Kier molecular flexibility index (Phi) is 5.54. The molecule has 0 N–H and O–H groups in total. The van der Waals surface area contributed by atoms with Gasteiger partial charge >= 0.3 is 0 Å². The molecule has 0 spiro atoms. The molecule has 0 bridgehead atoms. The first-order valence-corrected chi connectivity index (χ1v) is 9.96. The van der Waals surface area contributed by atoms with Crippen LogP contribution in [-0.4, -0.2) is 76.7 Å². The highest BCUT2D eigenvalue weighted by molar-refractivity contribution is 7.89. The van der Waals surface area contributed by atoms with Crippen LogP contribution < -0.4 is 4.74 Å². The molecule has 0 radical (unpaired) electrons. The summed E-state index contributed by atoms with van der Waals surface area (Å²) in [5.41, 5.74) is 0.845. The number of rotatable bonds is 6. The largest absolute Gasteiger partial charge is 0.475 e. The molecule has 1 saturated heterocycles. The molecule has 10 heteroatoms. The molecule has 3 heterocycles. The van der Waals surface area contributed by atoms with Crippen LogP contribution in [0, 0.1) is 13.8 Å². The summed E-state index contributed by atoms with van der Waals surface area (Å²) in [6.07, 6.45) is 1.56. The van der Waals surface area contributed by atoms with E-state index in [2.05, 4.69) is 20.1 Å². The SMILES string of the molecule is Cc1ccc(OCCN2CCN(S(=O)(=O)c3cn(C)c(C)n3)CC2)nn1. The predicted molar refractivity (Wildman–Crippen MR) is 95.4 cm³/mol. The molecule has 9 nitrogen and oxygen atoms in total. The average Bonchev–Trinajstić information content (AvgIpc) is 2.97. The molecule has 1 aliphatic heterocycles. The van der Waals surface area contributed by atoms with Crippen molar-refractivity contribution in [2.45, 2.75) is 18.9 Å². The van der Waals surface area contributed by atoms with Gasteiger partial charge in [0, 0.05) is 52.0 Å². The number of hydrogen-bond acceptors (Lipinski definition) is 7. The minimum Gasteiger partial charge on any atom is -0.475 e. The molecular formula is C16H24N6O3S. The van der Waals surface area contributed by atoms with Crippen LogP contribution in [0.2, 0.25) is 0 Å². The van der Waals surface area contributed by atoms with E-state index < -0.39 is 10.0 Å². The van der Waals surface area contributed by atoms with Gasteiger partial charge in [-0.05, 0) is 19.9 Å². The van der Waals surface area contributed by atoms with Crippen LogP contribution in [0.15, 0.2) is 23.4 Å². The summed E-state index contributed by atoms with van der Waals surface area (Å²) in [5.74, 6) is 1.18. The minimum absolute atomic E-state index is 0.118. The van der Waals surface area contributed by atoms with E-state index in [-0.39, 0.29) is 5.03 Å². The second-order valence-electron chi connectivity index (χ2n) is 6.34. The second kappa shape index (κ2) is 7.68. The average molecular weight is 380 g/mol. The fourth-order valence-electron chi connectivity index (χ4n) is 2.72. The van der Waals surface area contributed by atoms with Crippen LogP contribution in [0.4, 0.5) is 0 Å². The van der Waals surface area contributed by atoms with Gasteiger partial charge in [0.2, 0.25) is 5.88 Å². The molecular weight excluding hydrogens is 356 g/mol. The van der Waals surface area contributed by atoms with Crippen LogP contribution in [-0.2, 0) is 17.1 Å². The molecule has 0 amide bonds. The van der Waals surface area contributed by atoms with E-state index in [1.807, 2.05) is 13.0 Å². The summed E-state index contributed by atoms with van der Waals surface area (Å²) >= 11 is 0. The van der Waals surface area contributed by atoms with Gasteiger partial charge in [0.25, 0.3) is 10.0 Å². The Hall–Kier alpha value is -2.04. The van der Waals surface area contributed by atoms with Crippen LogP contribution in [0.5, 0.6) is 5.88 Å². The van der Waals surface area contributed by atoms with Gasteiger partial charge in [-0.2, -0.15) is 9.40 Å². The lowest BCUT2D eigenvalue weighted by Gasteiger charge is -2.33. The number of ether oxygens (including phenoxy) is 1. The van der Waals surface area contributed by atoms with Gasteiger partial charge in [0.15, 0.2) is 5.03 Å². The Labute approximate surface area is 153 Å². The molecule has 1 fully saturated rings. The third-order valence-corrected chi connectivity index (χ3v) is 6.22. The second-order valence-corrected chi connectivity index (χ2v) is 8.23. The van der Waals surface area contributed by atoms with Gasteiger partial charge in [-0.15, -0.1) is 5.10 Å². The topological polar surface area (TPSA) is 93.5 Å². The number of nitrogens with zero attached hydrogens (tertiary/aromatic N) is 6. The maximum atomic E-state index is 12.7. The van der Waals surface area contributed by atoms with Crippen LogP contribution in [0.3, 0.4) is 0 Å². The van der Waals surface area contributed by atoms with Crippen molar-refractivity contribution in [1.29, 1.82) is 0 Å². The molecule has 0 atom stereocenters. The van der Waals surface area contributed by atoms with Gasteiger partial charge in [-0.25, -0.2) is 13.4 Å². The zero-order valence-corrected chi connectivity index (χ0v) is 16.1. The normalized spacial score (nSPS) is 16.7. The number of aromatic nitrogens is 4. The van der Waals surface area contributed by atoms with Gasteiger partial charge in [-0.3, -0.25) is 4.90 Å². The zero-order valence-electron chi connectivity index (χ0n) is 15.3. The maximum Gasteiger partial charge on any atom is 0.262 e. The van der Waals surface area contributed by atoms with E-state index in [1.165, 1.54) is 4.31 Å². The van der Waals surface area contributed by atoms with Crippen LogP contribution in [0.25, 0.3) is 0 Å². The lowest BCUT2D eigenvalue weighted by atomic mass is 10.3. The monoisotopic (exact) mass is 380 g/mol. The summed E-state index contributed by atoms with van der Waals surface area (Å²) in [6.45, 7) is 7.08. The van der Waals surface area contributed by atoms with Gasteiger partial charge in [0.05, 0.1) is 5.69 Å². The van der Waals surface area contributed by atoms with Gasteiger partial charge in [-0.1, -0.05) is 0 Å². The number of imidazole rings is 1. The predicted octanol–water partition coefficient (Wildman–Crippen LogP) is 0.212. The smallest absolute Gasteiger partial charge is 0.262 e. The standard InChI is InChI=1S/C16H24N6O3S/c1-13-4-5-15(19-18-13)25-11-10-21-6-8-22(9-7-21)26(23,24)16-12-20(3)14(2)17-16/h4-5,12H,6-11H2,1-3H3. The zero-order chi connectivity index (χ0) is 18.7. The number of aryl methyl sites for hydroxylation is 3. The Bertz CT molecular complexity index is 822. The molecule has 0 saturated carbocycles. The van der Waals surface area contributed by atoms with Crippen molar-refractivity contribution >= 4 is 10.0 Å². The Morgan fingerprint density at radius 1 is 1.12 bits per heavy atom. The number of hydrogen-bond donors (Lipinski definition) is 0. The minimum atomic E-state index is -3.53. The van der Waals surface area contributed by atoms with Crippen molar-refractivity contribution in [3.05, 3.63) is 29.8 Å². The first kappa shape index (κ1) is 18.7. The molecule has 26 heavy (non-hydrogen) atoms. The van der Waals surface area contributed by atoms with Crippen molar-refractivity contribution in [1.82, 2.24) is 29.0 Å². The van der Waals surface area contributed by atoms with E-state index in [0.717, 1.165) is 5.69 Å². The van der Waals surface area contributed by atoms with Crippen molar-refractivity contribution in [2.75, 3.05) is 39.3 Å². The van der Waals surface area contributed by atoms with Gasteiger partial charge < -0.3 is 9.30 Å². The lowest BCUT2D eigenvalue weighted by molar-refractivity contribution is 0.156. The fourth-order valence-corrected chi connectivity index (χ4v) is 4.17. The molecule has 142 valence electrons. The summed E-state index contributed by atoms with van der Waals surface area (Å²) < 4.78 is 34.2. The molecule has 2 aromatic rings.